The maximum Gasteiger partial charge on any atom is 0.463 e. The van der Waals surface area contributed by atoms with E-state index >= 15 is 0 Å². The van der Waals surface area contributed by atoms with Gasteiger partial charge >= 0.3 is 18.0 Å². The molecule has 1 amide bonds. The minimum atomic E-state index is -5.87. The van der Waals surface area contributed by atoms with Gasteiger partial charge in [0.1, 0.15) is 0 Å². The minimum Gasteiger partial charge on any atom is -0.347 e. The molecule has 0 radical (unpaired) electrons. The quantitative estimate of drug-likeness (QED) is 0.847. The van der Waals surface area contributed by atoms with Crippen molar-refractivity contribution in [1.82, 2.24) is 5.32 Å². The number of halogens is 5. The van der Waals surface area contributed by atoms with Crippen LogP contribution in [0.1, 0.15) is 17.9 Å². The van der Waals surface area contributed by atoms with Gasteiger partial charge in [-0.3, -0.25) is 4.79 Å². The first-order valence-corrected chi connectivity index (χ1v) is 5.54. The van der Waals surface area contributed by atoms with Crippen LogP contribution in [-0.4, -0.2) is 24.0 Å². The maximum atomic E-state index is 12.7. The molecular formula is C12H10F5NO. The molecule has 0 saturated heterocycles. The third kappa shape index (κ3) is 2.69. The van der Waals surface area contributed by atoms with Crippen LogP contribution < -0.4 is 5.32 Å². The van der Waals surface area contributed by atoms with E-state index in [1.807, 2.05) is 0 Å². The molecule has 1 saturated carbocycles. The van der Waals surface area contributed by atoms with E-state index in [0.717, 1.165) is 5.56 Å². The summed E-state index contributed by atoms with van der Waals surface area (Å²) >= 11 is 0. The highest BCUT2D eigenvalue weighted by Gasteiger charge is 2.64. The van der Waals surface area contributed by atoms with Crippen LogP contribution in [0, 0.1) is 0 Å². The van der Waals surface area contributed by atoms with E-state index in [4.69, 9.17) is 0 Å². The van der Waals surface area contributed by atoms with E-state index in [9.17, 15) is 26.7 Å². The summed E-state index contributed by atoms with van der Waals surface area (Å²) in [5.74, 6) is -7.84. The molecule has 0 heterocycles. The molecule has 0 spiro atoms. The number of amides is 1. The second-order valence-corrected chi connectivity index (χ2v) is 4.40. The normalized spacial score (nSPS) is 23.0. The molecular weight excluding hydrogens is 269 g/mol. The molecule has 0 aromatic heterocycles. The predicted octanol–water partition coefficient (Wildman–Crippen LogP) is 2.86. The van der Waals surface area contributed by atoms with E-state index in [1.54, 1.807) is 35.6 Å². The van der Waals surface area contributed by atoms with Crippen molar-refractivity contribution in [3.8, 4) is 0 Å². The molecule has 1 aliphatic rings. The van der Waals surface area contributed by atoms with Crippen molar-refractivity contribution in [2.24, 2.45) is 0 Å². The van der Waals surface area contributed by atoms with Crippen molar-refractivity contribution >= 4 is 5.91 Å². The molecule has 2 nitrogen and oxygen atoms in total. The smallest absolute Gasteiger partial charge is 0.347 e. The number of hydrogen-bond acceptors (Lipinski definition) is 1. The molecule has 19 heavy (non-hydrogen) atoms. The van der Waals surface area contributed by atoms with Gasteiger partial charge in [-0.05, 0) is 12.0 Å². The van der Waals surface area contributed by atoms with Crippen LogP contribution >= 0.6 is 0 Å². The lowest BCUT2D eigenvalue weighted by Crippen LogP contribution is -2.51. The maximum absolute atomic E-state index is 12.7. The summed E-state index contributed by atoms with van der Waals surface area (Å²) in [7, 11) is 0. The van der Waals surface area contributed by atoms with Gasteiger partial charge in [0.15, 0.2) is 0 Å². The Kier molecular flexibility index (Phi) is 3.24. The average Bonchev–Trinajstić information content (AvgIpc) is 3.08. The first-order valence-electron chi connectivity index (χ1n) is 5.54. The van der Waals surface area contributed by atoms with Gasteiger partial charge < -0.3 is 5.32 Å². The fourth-order valence-corrected chi connectivity index (χ4v) is 1.81. The van der Waals surface area contributed by atoms with E-state index in [2.05, 4.69) is 0 Å². The Morgan fingerprint density at radius 1 is 1.11 bits per heavy atom. The van der Waals surface area contributed by atoms with Crippen molar-refractivity contribution in [2.75, 3.05) is 0 Å². The highest BCUT2D eigenvalue weighted by atomic mass is 19.4. The number of rotatable bonds is 3. The average molecular weight is 279 g/mol. The van der Waals surface area contributed by atoms with Crippen molar-refractivity contribution in [1.29, 1.82) is 0 Å². The lowest BCUT2D eigenvalue weighted by atomic mass is 10.1. The lowest BCUT2D eigenvalue weighted by Gasteiger charge is -2.18. The molecule has 2 rings (SSSR count). The predicted molar refractivity (Wildman–Crippen MR) is 56.7 cm³/mol. The lowest BCUT2D eigenvalue weighted by molar-refractivity contribution is -0.269. The largest absolute Gasteiger partial charge is 0.463 e. The first-order chi connectivity index (χ1) is 8.73. The van der Waals surface area contributed by atoms with Gasteiger partial charge in [-0.2, -0.15) is 22.0 Å². The summed E-state index contributed by atoms with van der Waals surface area (Å²) in [4.78, 5) is 11.0. The zero-order chi connectivity index (χ0) is 14.3. The highest BCUT2D eigenvalue weighted by molar-refractivity contribution is 5.85. The third-order valence-corrected chi connectivity index (χ3v) is 2.98. The fraction of sp³-hybridized carbons (Fsp3) is 0.417. The van der Waals surface area contributed by atoms with Crippen LogP contribution in [-0.2, 0) is 4.79 Å². The van der Waals surface area contributed by atoms with Gasteiger partial charge in [0.05, 0.1) is 0 Å². The van der Waals surface area contributed by atoms with Crippen molar-refractivity contribution in [2.45, 2.75) is 30.5 Å². The zero-order valence-electron chi connectivity index (χ0n) is 9.55. The Labute approximate surface area is 105 Å². The Balaban J connectivity index is 1.96. The van der Waals surface area contributed by atoms with Crippen LogP contribution in [0.2, 0.25) is 0 Å². The molecule has 1 aliphatic carbocycles. The highest BCUT2D eigenvalue weighted by Crippen LogP contribution is 2.42. The monoisotopic (exact) mass is 279 g/mol. The van der Waals surface area contributed by atoms with Gasteiger partial charge in [0.2, 0.25) is 0 Å². The van der Waals surface area contributed by atoms with E-state index in [1.165, 1.54) is 0 Å². The van der Waals surface area contributed by atoms with E-state index in [-0.39, 0.29) is 5.92 Å². The SMILES string of the molecule is O=C(NC1CC1c1ccccc1)C(F)(F)C(F)(F)F. The summed E-state index contributed by atoms with van der Waals surface area (Å²) in [6.07, 6.45) is -5.50. The molecule has 1 aromatic rings. The van der Waals surface area contributed by atoms with Crippen LogP contribution in [0.4, 0.5) is 22.0 Å². The second-order valence-electron chi connectivity index (χ2n) is 4.40. The van der Waals surface area contributed by atoms with Crippen LogP contribution in [0.3, 0.4) is 0 Å². The number of benzene rings is 1. The van der Waals surface area contributed by atoms with Gasteiger partial charge in [0.25, 0.3) is 0 Å². The van der Waals surface area contributed by atoms with Crippen LogP contribution in [0.15, 0.2) is 30.3 Å². The van der Waals surface area contributed by atoms with E-state index < -0.39 is 24.0 Å². The first kappa shape index (κ1) is 13.8. The standard InChI is InChI=1S/C12H10F5NO/c13-11(14,12(15,16)17)10(19)18-9-6-8(9)7-4-2-1-3-5-7/h1-5,8-9H,6H2,(H,18,19). The molecule has 0 aliphatic heterocycles. The van der Waals surface area contributed by atoms with Gasteiger partial charge in [0, 0.05) is 12.0 Å². The number of alkyl halides is 5. The Morgan fingerprint density at radius 3 is 2.21 bits per heavy atom. The summed E-state index contributed by atoms with van der Waals surface area (Å²) in [6.45, 7) is 0. The summed E-state index contributed by atoms with van der Waals surface area (Å²) in [5, 5.41) is 1.74. The van der Waals surface area contributed by atoms with Gasteiger partial charge in [-0.25, -0.2) is 0 Å². The summed E-state index contributed by atoms with van der Waals surface area (Å²) in [6, 6.07) is 8.03. The van der Waals surface area contributed by atoms with Gasteiger partial charge in [-0.1, -0.05) is 30.3 Å². The zero-order valence-corrected chi connectivity index (χ0v) is 9.55. The minimum absolute atomic E-state index is 0.200. The molecule has 2 unspecified atom stereocenters. The third-order valence-electron chi connectivity index (χ3n) is 2.98. The van der Waals surface area contributed by atoms with Crippen LogP contribution in [0.25, 0.3) is 0 Å². The molecule has 1 N–H and O–H groups in total. The Bertz CT molecular complexity index is 471. The number of hydrogen-bond donors (Lipinski definition) is 1. The Hall–Kier alpha value is -1.66. The topological polar surface area (TPSA) is 29.1 Å². The van der Waals surface area contributed by atoms with Crippen molar-refractivity contribution in [3.05, 3.63) is 35.9 Å². The Morgan fingerprint density at radius 2 is 1.68 bits per heavy atom. The molecule has 1 fully saturated rings. The molecule has 104 valence electrons. The van der Waals surface area contributed by atoms with Crippen LogP contribution in [0.5, 0.6) is 0 Å². The summed E-state index contributed by atoms with van der Waals surface area (Å²) < 4.78 is 61.3. The molecule has 1 aromatic carbocycles. The second kappa shape index (κ2) is 4.47. The number of carbonyl (C=O) groups excluding carboxylic acids is 1. The van der Waals surface area contributed by atoms with E-state index in [0.29, 0.717) is 6.42 Å². The van der Waals surface area contributed by atoms with Gasteiger partial charge in [-0.15, -0.1) is 0 Å². The molecule has 7 heteroatoms. The molecule has 2 atom stereocenters. The summed E-state index contributed by atoms with van der Waals surface area (Å²) in [5.41, 5.74) is 0.808. The van der Waals surface area contributed by atoms with Crippen molar-refractivity contribution in [3.63, 3.8) is 0 Å². The molecule has 0 bridgehead atoms. The van der Waals surface area contributed by atoms with Crippen molar-refractivity contribution < 1.29 is 26.7 Å². The number of carbonyl (C=O) groups is 1. The fourth-order valence-electron chi connectivity index (χ4n) is 1.81. The number of nitrogens with one attached hydrogen (secondary N) is 1.